The van der Waals surface area contributed by atoms with Crippen molar-refractivity contribution < 1.29 is 17.9 Å². The number of nitrogens with two attached hydrogens (primary N) is 1. The van der Waals surface area contributed by atoms with Crippen LogP contribution in [0.2, 0.25) is 0 Å². The Morgan fingerprint density at radius 3 is 2.68 bits per heavy atom. The Bertz CT molecular complexity index is 574. The molecule has 0 bridgehead atoms. The summed E-state index contributed by atoms with van der Waals surface area (Å²) in [4.78, 5) is 7.57. The van der Waals surface area contributed by atoms with Gasteiger partial charge in [-0.2, -0.15) is 4.98 Å². The molecule has 1 aromatic heterocycles. The van der Waals surface area contributed by atoms with Crippen LogP contribution in [-0.2, 0) is 0 Å². The van der Waals surface area contributed by atoms with Crippen LogP contribution in [0, 0.1) is 0 Å². The second kappa shape index (κ2) is 5.01. The van der Waals surface area contributed by atoms with E-state index in [0.717, 1.165) is 0 Å². The van der Waals surface area contributed by atoms with Crippen molar-refractivity contribution in [2.45, 2.75) is 6.36 Å². The summed E-state index contributed by atoms with van der Waals surface area (Å²) in [5, 5.41) is 2.79. The van der Waals surface area contributed by atoms with Crippen molar-refractivity contribution in [1.82, 2.24) is 9.97 Å². The van der Waals surface area contributed by atoms with Crippen LogP contribution in [0.25, 0.3) is 0 Å². The average molecular weight is 270 g/mol. The lowest BCUT2D eigenvalue weighted by molar-refractivity contribution is -0.274. The van der Waals surface area contributed by atoms with E-state index in [4.69, 9.17) is 5.73 Å². The van der Waals surface area contributed by atoms with E-state index in [0.29, 0.717) is 11.5 Å². The molecule has 100 valence electrons. The normalized spacial score (nSPS) is 11.1. The quantitative estimate of drug-likeness (QED) is 0.897. The summed E-state index contributed by atoms with van der Waals surface area (Å²) in [5.41, 5.74) is 5.78. The van der Waals surface area contributed by atoms with E-state index in [-0.39, 0.29) is 11.7 Å². The fraction of sp³-hybridized carbons (Fsp3) is 0.0909. The minimum Gasteiger partial charge on any atom is -0.406 e. The first kappa shape index (κ1) is 12.9. The summed E-state index contributed by atoms with van der Waals surface area (Å²) in [5.74, 6) is 0.115. The standard InChI is InChI=1S/C11H9F3N4O/c12-11(13,14)19-8-3-1-2-7(6-8)17-9-4-5-16-10(15)18-9/h1-6H,(H3,15,16,17,18). The second-order valence-corrected chi connectivity index (χ2v) is 3.50. The van der Waals surface area contributed by atoms with Crippen LogP contribution in [0.4, 0.5) is 30.6 Å². The zero-order valence-electron chi connectivity index (χ0n) is 9.48. The molecule has 1 heterocycles. The van der Waals surface area contributed by atoms with Gasteiger partial charge in [0, 0.05) is 18.0 Å². The van der Waals surface area contributed by atoms with E-state index < -0.39 is 6.36 Å². The molecule has 2 rings (SSSR count). The zero-order chi connectivity index (χ0) is 13.9. The molecule has 0 atom stereocenters. The molecule has 1 aromatic carbocycles. The largest absolute Gasteiger partial charge is 0.573 e. The Balaban J connectivity index is 2.15. The highest BCUT2D eigenvalue weighted by molar-refractivity contribution is 5.58. The first-order chi connectivity index (χ1) is 8.92. The Labute approximate surface area is 106 Å². The van der Waals surface area contributed by atoms with E-state index >= 15 is 0 Å². The van der Waals surface area contributed by atoms with E-state index in [9.17, 15) is 13.2 Å². The van der Waals surface area contributed by atoms with Gasteiger partial charge < -0.3 is 15.8 Å². The number of nitrogens with zero attached hydrogens (tertiary/aromatic N) is 2. The Morgan fingerprint density at radius 1 is 1.21 bits per heavy atom. The van der Waals surface area contributed by atoms with E-state index in [1.807, 2.05) is 0 Å². The van der Waals surface area contributed by atoms with Crippen LogP contribution >= 0.6 is 0 Å². The molecule has 0 aliphatic carbocycles. The number of nitrogen functional groups attached to an aromatic ring is 1. The van der Waals surface area contributed by atoms with Crippen LogP contribution in [0.5, 0.6) is 5.75 Å². The zero-order valence-corrected chi connectivity index (χ0v) is 9.48. The molecule has 5 nitrogen and oxygen atoms in total. The molecule has 0 fully saturated rings. The number of alkyl halides is 3. The molecule has 0 aliphatic heterocycles. The fourth-order valence-electron chi connectivity index (χ4n) is 1.36. The third kappa shape index (κ3) is 4.02. The Kier molecular flexibility index (Phi) is 3.41. The number of halogens is 3. The number of benzene rings is 1. The predicted molar refractivity (Wildman–Crippen MR) is 62.9 cm³/mol. The average Bonchev–Trinajstić information content (AvgIpc) is 2.27. The highest BCUT2D eigenvalue weighted by Crippen LogP contribution is 2.26. The molecule has 19 heavy (non-hydrogen) atoms. The van der Waals surface area contributed by atoms with Gasteiger partial charge in [0.1, 0.15) is 11.6 Å². The molecular weight excluding hydrogens is 261 g/mol. The minimum atomic E-state index is -4.72. The van der Waals surface area contributed by atoms with Crippen LogP contribution in [-0.4, -0.2) is 16.3 Å². The lowest BCUT2D eigenvalue weighted by atomic mass is 10.3. The maximum absolute atomic E-state index is 12.1. The second-order valence-electron chi connectivity index (χ2n) is 3.50. The van der Waals surface area contributed by atoms with Crippen LogP contribution in [0.15, 0.2) is 36.5 Å². The number of rotatable bonds is 3. The van der Waals surface area contributed by atoms with Gasteiger partial charge >= 0.3 is 6.36 Å². The SMILES string of the molecule is Nc1nccc(Nc2cccc(OC(F)(F)F)c2)n1. The minimum absolute atomic E-state index is 0.0627. The van der Waals surface area contributed by atoms with Crippen molar-refractivity contribution in [2.24, 2.45) is 0 Å². The van der Waals surface area contributed by atoms with Gasteiger partial charge in [-0.15, -0.1) is 13.2 Å². The van der Waals surface area contributed by atoms with Gasteiger partial charge in [-0.25, -0.2) is 4.98 Å². The summed E-state index contributed by atoms with van der Waals surface area (Å²) < 4.78 is 40.0. The highest BCUT2D eigenvalue weighted by Gasteiger charge is 2.31. The van der Waals surface area contributed by atoms with Crippen molar-refractivity contribution in [2.75, 3.05) is 11.1 Å². The summed E-state index contributed by atoms with van der Waals surface area (Å²) in [6, 6.07) is 6.93. The number of hydrogen-bond donors (Lipinski definition) is 2. The van der Waals surface area contributed by atoms with Gasteiger partial charge in [0.25, 0.3) is 0 Å². The topological polar surface area (TPSA) is 73.1 Å². The summed E-state index contributed by atoms with van der Waals surface area (Å²) in [6.07, 6.45) is -3.29. The third-order valence-electron chi connectivity index (χ3n) is 2.01. The highest BCUT2D eigenvalue weighted by atomic mass is 19.4. The molecule has 8 heteroatoms. The van der Waals surface area contributed by atoms with Crippen molar-refractivity contribution in [3.63, 3.8) is 0 Å². The van der Waals surface area contributed by atoms with Gasteiger partial charge in [-0.3, -0.25) is 0 Å². The number of aromatic nitrogens is 2. The molecule has 0 aliphatic rings. The first-order valence-electron chi connectivity index (χ1n) is 5.14. The molecule has 0 saturated heterocycles. The van der Waals surface area contributed by atoms with Crippen molar-refractivity contribution in [3.8, 4) is 5.75 Å². The van der Waals surface area contributed by atoms with E-state index in [1.165, 1.54) is 30.5 Å². The molecule has 0 spiro atoms. The maximum Gasteiger partial charge on any atom is 0.573 e. The summed E-state index contributed by atoms with van der Waals surface area (Å²) in [6.45, 7) is 0. The first-order valence-corrected chi connectivity index (χ1v) is 5.14. The number of hydrogen-bond acceptors (Lipinski definition) is 5. The lowest BCUT2D eigenvalue weighted by Gasteiger charge is -2.10. The van der Waals surface area contributed by atoms with E-state index in [1.54, 1.807) is 6.07 Å². The monoisotopic (exact) mass is 270 g/mol. The van der Waals surface area contributed by atoms with Gasteiger partial charge in [0.15, 0.2) is 0 Å². The Hall–Kier alpha value is -2.51. The number of nitrogens with one attached hydrogen (secondary N) is 1. The molecule has 3 N–H and O–H groups in total. The van der Waals surface area contributed by atoms with Crippen molar-refractivity contribution in [1.29, 1.82) is 0 Å². The van der Waals surface area contributed by atoms with Crippen LogP contribution in [0.1, 0.15) is 0 Å². The van der Waals surface area contributed by atoms with Crippen LogP contribution < -0.4 is 15.8 Å². The molecular formula is C11H9F3N4O. The van der Waals surface area contributed by atoms with Crippen LogP contribution in [0.3, 0.4) is 0 Å². The molecule has 0 amide bonds. The van der Waals surface area contributed by atoms with Gasteiger partial charge in [-0.05, 0) is 18.2 Å². The van der Waals surface area contributed by atoms with Gasteiger partial charge in [0.2, 0.25) is 5.95 Å². The van der Waals surface area contributed by atoms with Gasteiger partial charge in [-0.1, -0.05) is 6.07 Å². The fourth-order valence-corrected chi connectivity index (χ4v) is 1.36. The smallest absolute Gasteiger partial charge is 0.406 e. The lowest BCUT2D eigenvalue weighted by Crippen LogP contribution is -2.17. The predicted octanol–water partition coefficient (Wildman–Crippen LogP) is 2.70. The molecule has 0 unspecified atom stereocenters. The number of ether oxygens (including phenoxy) is 1. The molecule has 0 radical (unpaired) electrons. The molecule has 2 aromatic rings. The Morgan fingerprint density at radius 2 is 2.00 bits per heavy atom. The van der Waals surface area contributed by atoms with Gasteiger partial charge in [0.05, 0.1) is 0 Å². The molecule has 0 saturated carbocycles. The van der Waals surface area contributed by atoms with Crippen molar-refractivity contribution >= 4 is 17.5 Å². The summed E-state index contributed by atoms with van der Waals surface area (Å²) >= 11 is 0. The summed E-state index contributed by atoms with van der Waals surface area (Å²) in [7, 11) is 0. The number of anilines is 3. The maximum atomic E-state index is 12.1. The van der Waals surface area contributed by atoms with E-state index in [2.05, 4.69) is 20.0 Å². The third-order valence-corrected chi connectivity index (χ3v) is 2.01. The van der Waals surface area contributed by atoms with Crippen molar-refractivity contribution in [3.05, 3.63) is 36.5 Å².